The van der Waals surface area contributed by atoms with Crippen LogP contribution in [-0.4, -0.2) is 23.0 Å². The fourth-order valence-corrected chi connectivity index (χ4v) is 2.49. The number of amides is 1. The largest absolute Gasteiger partial charge is 0.448 e. The van der Waals surface area contributed by atoms with Crippen LogP contribution in [0.15, 0.2) is 65.1 Å². The monoisotopic (exact) mass is 364 g/mol. The first-order valence-corrected chi connectivity index (χ1v) is 8.60. The van der Waals surface area contributed by atoms with Crippen molar-refractivity contribution >= 4 is 11.9 Å². The van der Waals surface area contributed by atoms with Gasteiger partial charge in [-0.25, -0.2) is 9.78 Å². The summed E-state index contributed by atoms with van der Waals surface area (Å²) in [5.41, 5.74) is 1.79. The van der Waals surface area contributed by atoms with E-state index in [0.29, 0.717) is 18.2 Å². The highest BCUT2D eigenvalue weighted by molar-refractivity contribution is 5.91. The van der Waals surface area contributed by atoms with Crippen molar-refractivity contribution in [1.82, 2.24) is 10.3 Å². The Balaban J connectivity index is 1.61. The van der Waals surface area contributed by atoms with E-state index in [1.807, 2.05) is 60.7 Å². The lowest BCUT2D eigenvalue weighted by Gasteiger charge is -2.12. The van der Waals surface area contributed by atoms with Gasteiger partial charge in [0.15, 0.2) is 11.8 Å². The second-order valence-electron chi connectivity index (χ2n) is 6.04. The van der Waals surface area contributed by atoms with Crippen molar-refractivity contribution in [2.75, 3.05) is 0 Å². The van der Waals surface area contributed by atoms with E-state index in [1.165, 1.54) is 6.92 Å². The first kappa shape index (κ1) is 18.4. The van der Waals surface area contributed by atoms with Crippen molar-refractivity contribution in [1.29, 1.82) is 0 Å². The third kappa shape index (κ3) is 4.61. The van der Waals surface area contributed by atoms with Crippen LogP contribution in [0.1, 0.15) is 28.7 Å². The van der Waals surface area contributed by atoms with Gasteiger partial charge in [0.25, 0.3) is 5.91 Å². The number of oxazole rings is 1. The number of benzene rings is 2. The van der Waals surface area contributed by atoms with Crippen molar-refractivity contribution in [2.45, 2.75) is 26.5 Å². The summed E-state index contributed by atoms with van der Waals surface area (Å²) >= 11 is 0. The Morgan fingerprint density at radius 1 is 1.07 bits per heavy atom. The lowest BCUT2D eigenvalue weighted by atomic mass is 10.2. The highest BCUT2D eigenvalue weighted by Crippen LogP contribution is 2.22. The number of aryl methyl sites for hydroxylation is 1. The van der Waals surface area contributed by atoms with E-state index in [0.717, 1.165) is 11.1 Å². The van der Waals surface area contributed by atoms with Crippen LogP contribution < -0.4 is 5.32 Å². The average Bonchev–Trinajstić information content (AvgIpc) is 3.09. The number of carbonyl (C=O) groups is 2. The molecule has 0 saturated heterocycles. The molecule has 2 aromatic carbocycles. The Bertz CT molecular complexity index is 920. The molecule has 1 atom stereocenters. The first-order valence-electron chi connectivity index (χ1n) is 8.60. The summed E-state index contributed by atoms with van der Waals surface area (Å²) in [6.45, 7) is 3.52. The number of carbonyl (C=O) groups excluding carboxylic acids is 2. The molecule has 6 heteroatoms. The van der Waals surface area contributed by atoms with Crippen LogP contribution in [0.3, 0.4) is 0 Å². The third-order valence-corrected chi connectivity index (χ3v) is 3.97. The maximum absolute atomic E-state index is 12.4. The number of esters is 1. The van der Waals surface area contributed by atoms with Gasteiger partial charge in [-0.3, -0.25) is 4.79 Å². The first-order chi connectivity index (χ1) is 13.0. The molecule has 1 N–H and O–H groups in total. The molecule has 0 unspecified atom stereocenters. The summed E-state index contributed by atoms with van der Waals surface area (Å²) in [6, 6.07) is 18.7. The van der Waals surface area contributed by atoms with Crippen LogP contribution in [0, 0.1) is 6.92 Å². The molecule has 138 valence electrons. The molecule has 0 spiro atoms. The minimum atomic E-state index is -0.947. The van der Waals surface area contributed by atoms with Gasteiger partial charge < -0.3 is 14.5 Å². The van der Waals surface area contributed by atoms with Gasteiger partial charge in [-0.2, -0.15) is 0 Å². The second-order valence-corrected chi connectivity index (χ2v) is 6.04. The highest BCUT2D eigenvalue weighted by Gasteiger charge is 2.24. The van der Waals surface area contributed by atoms with Gasteiger partial charge in [-0.15, -0.1) is 0 Å². The number of nitrogens with one attached hydrogen (secondary N) is 1. The molecule has 0 bridgehead atoms. The molecule has 27 heavy (non-hydrogen) atoms. The van der Waals surface area contributed by atoms with E-state index in [9.17, 15) is 9.59 Å². The Labute approximate surface area is 157 Å². The van der Waals surface area contributed by atoms with Crippen molar-refractivity contribution in [3.8, 4) is 11.5 Å². The summed E-state index contributed by atoms with van der Waals surface area (Å²) in [7, 11) is 0. The smallest absolute Gasteiger partial charge is 0.361 e. The standard InChI is InChI=1S/C21H20N2O4/c1-14-18(23-20(26-14)17-11-7-4-8-12-17)21(25)27-15(2)19(24)22-13-16-9-5-3-6-10-16/h3-12,15H,13H2,1-2H3,(H,22,24)/t15-/m0/s1. The van der Waals surface area contributed by atoms with Gasteiger partial charge in [0.1, 0.15) is 5.76 Å². The normalized spacial score (nSPS) is 11.6. The van der Waals surface area contributed by atoms with Gasteiger partial charge >= 0.3 is 5.97 Å². The number of hydrogen-bond acceptors (Lipinski definition) is 5. The summed E-state index contributed by atoms with van der Waals surface area (Å²) in [5.74, 6) is -0.394. The molecule has 1 amide bonds. The fraction of sp³-hybridized carbons (Fsp3) is 0.190. The zero-order valence-corrected chi connectivity index (χ0v) is 15.1. The van der Waals surface area contributed by atoms with E-state index in [2.05, 4.69) is 10.3 Å². The lowest BCUT2D eigenvalue weighted by molar-refractivity contribution is -0.129. The molecule has 3 rings (SSSR count). The number of rotatable bonds is 6. The van der Waals surface area contributed by atoms with Gasteiger partial charge in [-0.05, 0) is 31.5 Å². The molecular weight excluding hydrogens is 344 g/mol. The quantitative estimate of drug-likeness (QED) is 0.677. The van der Waals surface area contributed by atoms with Crippen molar-refractivity contribution in [2.24, 2.45) is 0 Å². The zero-order chi connectivity index (χ0) is 19.2. The Morgan fingerprint density at radius 2 is 1.70 bits per heavy atom. The van der Waals surface area contributed by atoms with E-state index in [4.69, 9.17) is 9.15 Å². The zero-order valence-electron chi connectivity index (χ0n) is 15.1. The molecule has 0 aliphatic carbocycles. The average molecular weight is 364 g/mol. The number of hydrogen-bond donors (Lipinski definition) is 1. The second kappa shape index (κ2) is 8.31. The summed E-state index contributed by atoms with van der Waals surface area (Å²) < 4.78 is 10.8. The van der Waals surface area contributed by atoms with Crippen LogP contribution in [0.4, 0.5) is 0 Å². The molecule has 0 saturated carbocycles. The van der Waals surface area contributed by atoms with E-state index < -0.39 is 12.1 Å². The van der Waals surface area contributed by atoms with E-state index in [-0.39, 0.29) is 11.6 Å². The van der Waals surface area contributed by atoms with Gasteiger partial charge in [0.2, 0.25) is 5.89 Å². The maximum atomic E-state index is 12.4. The van der Waals surface area contributed by atoms with Crippen molar-refractivity contribution in [3.05, 3.63) is 77.7 Å². The Morgan fingerprint density at radius 3 is 2.37 bits per heavy atom. The molecule has 0 fully saturated rings. The summed E-state index contributed by atoms with van der Waals surface area (Å²) in [6.07, 6.45) is -0.947. The lowest BCUT2D eigenvalue weighted by Crippen LogP contribution is -2.35. The maximum Gasteiger partial charge on any atom is 0.361 e. The molecule has 6 nitrogen and oxygen atoms in total. The third-order valence-electron chi connectivity index (χ3n) is 3.97. The number of nitrogens with zero attached hydrogens (tertiary/aromatic N) is 1. The SMILES string of the molecule is Cc1oc(-c2ccccc2)nc1C(=O)O[C@@H](C)C(=O)NCc1ccccc1. The summed E-state index contributed by atoms with van der Waals surface area (Å²) in [5, 5.41) is 2.74. The van der Waals surface area contributed by atoms with E-state index in [1.54, 1.807) is 6.92 Å². The molecule has 3 aromatic rings. The van der Waals surface area contributed by atoms with Crippen molar-refractivity contribution < 1.29 is 18.7 Å². The van der Waals surface area contributed by atoms with E-state index >= 15 is 0 Å². The Hall–Kier alpha value is -3.41. The van der Waals surface area contributed by atoms with Crippen molar-refractivity contribution in [3.63, 3.8) is 0 Å². The van der Waals surface area contributed by atoms with Crippen LogP contribution in [0.5, 0.6) is 0 Å². The van der Waals surface area contributed by atoms with Gasteiger partial charge in [-0.1, -0.05) is 48.5 Å². The van der Waals surface area contributed by atoms with Crippen LogP contribution in [-0.2, 0) is 16.1 Å². The molecule has 1 aromatic heterocycles. The molecule has 0 aliphatic heterocycles. The molecule has 1 heterocycles. The van der Waals surface area contributed by atoms with Gasteiger partial charge in [0, 0.05) is 12.1 Å². The Kier molecular flexibility index (Phi) is 5.66. The minimum absolute atomic E-state index is 0.0663. The van der Waals surface area contributed by atoms with Gasteiger partial charge in [0.05, 0.1) is 0 Å². The molecule has 0 radical (unpaired) electrons. The number of ether oxygens (including phenoxy) is 1. The molecular formula is C21H20N2O4. The summed E-state index contributed by atoms with van der Waals surface area (Å²) in [4.78, 5) is 28.8. The predicted octanol–water partition coefficient (Wildman–Crippen LogP) is 3.51. The van der Waals surface area contributed by atoms with Crippen LogP contribution >= 0.6 is 0 Å². The topological polar surface area (TPSA) is 81.4 Å². The molecule has 0 aliphatic rings. The van der Waals surface area contributed by atoms with Crippen LogP contribution in [0.25, 0.3) is 11.5 Å². The highest BCUT2D eigenvalue weighted by atomic mass is 16.5. The number of aromatic nitrogens is 1. The minimum Gasteiger partial charge on any atom is -0.448 e. The van der Waals surface area contributed by atoms with Crippen LogP contribution in [0.2, 0.25) is 0 Å². The predicted molar refractivity (Wildman–Crippen MR) is 99.8 cm³/mol. The fourth-order valence-electron chi connectivity index (χ4n) is 2.49.